The summed E-state index contributed by atoms with van der Waals surface area (Å²) in [4.78, 5) is 27.6. The molecule has 0 aliphatic heterocycles. The van der Waals surface area contributed by atoms with E-state index >= 15 is 0 Å². The van der Waals surface area contributed by atoms with Crippen molar-refractivity contribution < 1.29 is 19.1 Å². The Kier molecular flexibility index (Phi) is 4.32. The Bertz CT molecular complexity index is 769. The molecule has 170 valence electrons. The van der Waals surface area contributed by atoms with Crippen LogP contribution < -0.4 is 0 Å². The first-order valence-corrected chi connectivity index (χ1v) is 13.0. The van der Waals surface area contributed by atoms with E-state index in [0.717, 1.165) is 41.9 Å². The zero-order chi connectivity index (χ0) is 21.7. The molecule has 0 aromatic rings. The lowest BCUT2D eigenvalue weighted by atomic mass is 9.45. The SMILES string of the molecule is CCOC(=O)C1(CC)C2CC(C3C4CC(C5C6C=CC(C6)C45)C32)C1(CC)C(=O)OCC. The number of ether oxygens (including phenoxy) is 2. The predicted molar refractivity (Wildman–Crippen MR) is 117 cm³/mol. The Morgan fingerprint density at radius 3 is 1.55 bits per heavy atom. The van der Waals surface area contributed by atoms with E-state index in [9.17, 15) is 9.59 Å². The molecule has 0 N–H and O–H groups in total. The van der Waals surface area contributed by atoms with Crippen LogP contribution >= 0.6 is 0 Å². The lowest BCUT2D eigenvalue weighted by molar-refractivity contribution is -0.201. The van der Waals surface area contributed by atoms with Gasteiger partial charge in [-0.15, -0.1) is 0 Å². The molecule has 0 saturated heterocycles. The molecule has 0 heterocycles. The zero-order valence-electron chi connectivity index (χ0n) is 19.5. The van der Waals surface area contributed by atoms with Gasteiger partial charge >= 0.3 is 11.9 Å². The van der Waals surface area contributed by atoms with Crippen molar-refractivity contribution in [3.8, 4) is 0 Å². The normalized spacial score (nSPS) is 54.3. The number of fused-ring (bicyclic) bond motifs is 16. The molecule has 0 aromatic heterocycles. The minimum absolute atomic E-state index is 0.120. The third-order valence-corrected chi connectivity index (χ3v) is 11.4. The summed E-state index contributed by atoms with van der Waals surface area (Å²) in [5, 5.41) is 0. The van der Waals surface area contributed by atoms with Gasteiger partial charge < -0.3 is 9.47 Å². The standard InChI is InChI=1S/C27H38O4/c1-5-26(24(28)30-7-3)18-13-19(27(26,6-2)25(29)31-8-4)23-17-12-16(22(18)23)20-14-9-10-15(11-14)21(17)20/h9-10,14-23H,5-8,11-13H2,1-4H3. The third-order valence-electron chi connectivity index (χ3n) is 11.4. The molecular weight excluding hydrogens is 388 g/mol. The van der Waals surface area contributed by atoms with Crippen LogP contribution in [0.3, 0.4) is 0 Å². The van der Waals surface area contributed by atoms with Crippen LogP contribution in [0.4, 0.5) is 0 Å². The fourth-order valence-corrected chi connectivity index (χ4v) is 11.2. The Hall–Kier alpha value is -1.32. The van der Waals surface area contributed by atoms with Gasteiger partial charge in [0.05, 0.1) is 24.0 Å². The monoisotopic (exact) mass is 426 g/mol. The van der Waals surface area contributed by atoms with E-state index in [1.54, 1.807) is 0 Å². The van der Waals surface area contributed by atoms with Crippen LogP contribution in [0.15, 0.2) is 12.2 Å². The predicted octanol–water partition coefficient (Wildman–Crippen LogP) is 4.88. The van der Waals surface area contributed by atoms with Gasteiger partial charge in [0.25, 0.3) is 0 Å². The van der Waals surface area contributed by atoms with Gasteiger partial charge in [0.2, 0.25) is 0 Å². The van der Waals surface area contributed by atoms with Crippen molar-refractivity contribution in [3.05, 3.63) is 12.2 Å². The molecule has 0 aromatic carbocycles. The van der Waals surface area contributed by atoms with E-state index in [-0.39, 0.29) is 23.8 Å². The van der Waals surface area contributed by atoms with Crippen LogP contribution in [0, 0.1) is 70.0 Å². The molecule has 12 atom stereocenters. The highest BCUT2D eigenvalue weighted by Crippen LogP contribution is 2.82. The van der Waals surface area contributed by atoms with E-state index in [4.69, 9.17) is 9.47 Å². The number of carbonyl (C=O) groups excluding carboxylic acids is 2. The molecular formula is C27H38O4. The lowest BCUT2D eigenvalue weighted by Crippen LogP contribution is -2.62. The molecule has 31 heavy (non-hydrogen) atoms. The van der Waals surface area contributed by atoms with E-state index in [1.807, 2.05) is 13.8 Å². The molecule has 5 saturated carbocycles. The molecule has 0 spiro atoms. The largest absolute Gasteiger partial charge is 0.466 e. The lowest BCUT2D eigenvalue weighted by Gasteiger charge is -2.56. The van der Waals surface area contributed by atoms with Crippen molar-refractivity contribution in [1.29, 1.82) is 0 Å². The fraction of sp³-hybridized carbons (Fsp3) is 0.852. The fourth-order valence-electron chi connectivity index (χ4n) is 11.2. The summed E-state index contributed by atoms with van der Waals surface area (Å²) in [5.74, 6) is 6.19. The van der Waals surface area contributed by atoms with E-state index in [1.165, 1.54) is 12.8 Å². The average Bonchev–Trinajstić information content (AvgIpc) is 3.57. The van der Waals surface area contributed by atoms with Gasteiger partial charge in [0.15, 0.2) is 0 Å². The summed E-state index contributed by atoms with van der Waals surface area (Å²) >= 11 is 0. The summed E-state index contributed by atoms with van der Waals surface area (Å²) in [6.07, 6.45) is 10.1. The molecule has 4 heteroatoms. The van der Waals surface area contributed by atoms with Gasteiger partial charge in [0.1, 0.15) is 0 Å². The molecule has 6 aliphatic rings. The van der Waals surface area contributed by atoms with Crippen LogP contribution in [0.25, 0.3) is 0 Å². The number of hydrogen-bond acceptors (Lipinski definition) is 4. The smallest absolute Gasteiger partial charge is 0.313 e. The van der Waals surface area contributed by atoms with Crippen LogP contribution in [-0.4, -0.2) is 25.2 Å². The van der Waals surface area contributed by atoms with Gasteiger partial charge in [-0.1, -0.05) is 26.0 Å². The maximum Gasteiger partial charge on any atom is 0.313 e. The molecule has 12 unspecified atom stereocenters. The van der Waals surface area contributed by atoms with Gasteiger partial charge in [-0.05, 0) is 105 Å². The Morgan fingerprint density at radius 2 is 1.16 bits per heavy atom. The summed E-state index contributed by atoms with van der Waals surface area (Å²) < 4.78 is 11.5. The molecule has 6 bridgehead atoms. The molecule has 0 radical (unpaired) electrons. The molecule has 4 nitrogen and oxygen atoms in total. The highest BCUT2D eigenvalue weighted by molar-refractivity contribution is 5.90. The number of carbonyl (C=O) groups is 2. The Labute approximate surface area is 186 Å². The van der Waals surface area contributed by atoms with Gasteiger partial charge in [0, 0.05) is 0 Å². The number of rotatable bonds is 6. The van der Waals surface area contributed by atoms with E-state index in [0.29, 0.717) is 37.9 Å². The first-order valence-electron chi connectivity index (χ1n) is 13.0. The molecule has 6 rings (SSSR count). The van der Waals surface area contributed by atoms with E-state index in [2.05, 4.69) is 26.0 Å². The Morgan fingerprint density at radius 1 is 0.710 bits per heavy atom. The highest BCUT2D eigenvalue weighted by Gasteiger charge is 2.83. The summed E-state index contributed by atoms with van der Waals surface area (Å²) in [6, 6.07) is 0. The molecule has 0 amide bonds. The quantitative estimate of drug-likeness (QED) is 0.345. The summed E-state index contributed by atoms with van der Waals surface area (Å²) in [5.41, 5.74) is -1.44. The highest BCUT2D eigenvalue weighted by atomic mass is 16.5. The third kappa shape index (κ3) is 2.01. The second kappa shape index (κ2) is 6.60. The van der Waals surface area contributed by atoms with Crippen LogP contribution in [0.5, 0.6) is 0 Å². The van der Waals surface area contributed by atoms with Crippen LogP contribution in [0.1, 0.15) is 59.8 Å². The summed E-state index contributed by atoms with van der Waals surface area (Å²) in [7, 11) is 0. The second-order valence-corrected chi connectivity index (χ2v) is 11.4. The first kappa shape index (κ1) is 20.3. The van der Waals surface area contributed by atoms with Gasteiger partial charge in [-0.2, -0.15) is 0 Å². The Balaban J connectivity index is 1.48. The van der Waals surface area contributed by atoms with Gasteiger partial charge in [-0.25, -0.2) is 0 Å². The number of esters is 2. The van der Waals surface area contributed by atoms with Crippen LogP contribution in [0.2, 0.25) is 0 Å². The minimum atomic E-state index is -0.719. The maximum absolute atomic E-state index is 13.8. The number of hydrogen-bond donors (Lipinski definition) is 0. The van der Waals surface area contributed by atoms with Crippen LogP contribution in [-0.2, 0) is 19.1 Å². The zero-order valence-corrected chi connectivity index (χ0v) is 19.5. The molecule has 5 fully saturated rings. The summed E-state index contributed by atoms with van der Waals surface area (Å²) in [6.45, 7) is 8.76. The number of allylic oxidation sites excluding steroid dienone is 2. The first-order chi connectivity index (χ1) is 15.0. The van der Waals surface area contributed by atoms with Crippen molar-refractivity contribution in [1.82, 2.24) is 0 Å². The topological polar surface area (TPSA) is 52.6 Å². The minimum Gasteiger partial charge on any atom is -0.466 e. The maximum atomic E-state index is 13.8. The van der Waals surface area contributed by atoms with Gasteiger partial charge in [-0.3, -0.25) is 9.59 Å². The second-order valence-electron chi connectivity index (χ2n) is 11.4. The van der Waals surface area contributed by atoms with Crippen molar-refractivity contribution in [2.75, 3.05) is 13.2 Å². The van der Waals surface area contributed by atoms with Crippen molar-refractivity contribution in [2.45, 2.75) is 59.8 Å². The van der Waals surface area contributed by atoms with Crippen molar-refractivity contribution in [3.63, 3.8) is 0 Å². The van der Waals surface area contributed by atoms with Crippen molar-refractivity contribution in [2.24, 2.45) is 70.0 Å². The van der Waals surface area contributed by atoms with Crippen molar-refractivity contribution >= 4 is 11.9 Å². The van der Waals surface area contributed by atoms with E-state index < -0.39 is 10.8 Å². The molecule has 6 aliphatic carbocycles. The average molecular weight is 427 g/mol.